The van der Waals surface area contributed by atoms with Crippen molar-refractivity contribution in [2.24, 2.45) is 5.92 Å². The van der Waals surface area contributed by atoms with Crippen LogP contribution in [0.3, 0.4) is 0 Å². The minimum absolute atomic E-state index is 0.146. The third-order valence-corrected chi connectivity index (χ3v) is 5.90. The molecule has 2 rings (SSSR count). The lowest BCUT2D eigenvalue weighted by Crippen LogP contribution is -2.44. The van der Waals surface area contributed by atoms with Gasteiger partial charge in [0.2, 0.25) is 0 Å². The van der Waals surface area contributed by atoms with E-state index in [1.807, 2.05) is 28.6 Å². The lowest BCUT2D eigenvalue weighted by atomic mass is 10.1. The van der Waals surface area contributed by atoms with Crippen molar-refractivity contribution < 1.29 is 4.21 Å². The van der Waals surface area contributed by atoms with Crippen molar-refractivity contribution in [1.82, 2.24) is 9.29 Å². The zero-order chi connectivity index (χ0) is 14.9. The molecule has 0 N–H and O–H groups in total. The summed E-state index contributed by atoms with van der Waals surface area (Å²) in [5.41, 5.74) is 0.784. The molecule has 1 heterocycles. The van der Waals surface area contributed by atoms with Crippen LogP contribution in [0.15, 0.2) is 28.6 Å². The highest BCUT2D eigenvalue weighted by molar-refractivity contribution is 7.85. The first-order valence-electron chi connectivity index (χ1n) is 6.84. The fraction of sp³-hybridized carbons (Fsp3) is 0.533. The first kappa shape index (κ1) is 15.6. The largest absolute Gasteiger partial charge is 0.235 e. The van der Waals surface area contributed by atoms with Crippen LogP contribution in [-0.2, 0) is 11.0 Å². The quantitative estimate of drug-likeness (QED) is 0.852. The highest BCUT2D eigenvalue weighted by Crippen LogP contribution is 2.28. The molecule has 0 saturated heterocycles. The fourth-order valence-corrected chi connectivity index (χ4v) is 4.76. The van der Waals surface area contributed by atoms with Crippen LogP contribution in [0.2, 0.25) is 0 Å². The Balaban J connectivity index is 2.35. The van der Waals surface area contributed by atoms with Gasteiger partial charge in [0.15, 0.2) is 15.3 Å². The molecular formula is C15H22N2OS2. The average molecular weight is 310 g/mol. The van der Waals surface area contributed by atoms with Gasteiger partial charge in [0.25, 0.3) is 0 Å². The van der Waals surface area contributed by atoms with Gasteiger partial charge in [-0.15, -0.1) is 11.3 Å². The molecule has 0 radical (unpaired) electrons. The molecule has 5 heteroatoms. The zero-order valence-electron chi connectivity index (χ0n) is 12.7. The number of hydrogen-bond acceptors (Lipinski definition) is 3. The van der Waals surface area contributed by atoms with Crippen molar-refractivity contribution in [3.8, 4) is 0 Å². The minimum atomic E-state index is -1.20. The van der Waals surface area contributed by atoms with Gasteiger partial charge < -0.3 is 0 Å². The van der Waals surface area contributed by atoms with Gasteiger partial charge in [0, 0.05) is 12.1 Å². The molecule has 110 valence electrons. The van der Waals surface area contributed by atoms with Crippen LogP contribution in [-0.4, -0.2) is 25.6 Å². The summed E-state index contributed by atoms with van der Waals surface area (Å²) in [5, 5.41) is 0. The highest BCUT2D eigenvalue weighted by Gasteiger charge is 2.29. The molecule has 2 aromatic rings. The molecule has 1 aromatic heterocycles. The molecule has 1 unspecified atom stereocenters. The lowest BCUT2D eigenvalue weighted by Gasteiger charge is -2.34. The van der Waals surface area contributed by atoms with Crippen molar-refractivity contribution in [1.29, 1.82) is 0 Å². The highest BCUT2D eigenvalue weighted by atomic mass is 32.2. The Morgan fingerprint density at radius 3 is 2.50 bits per heavy atom. The Morgan fingerprint density at radius 1 is 1.30 bits per heavy atom. The van der Waals surface area contributed by atoms with E-state index in [-0.39, 0.29) is 5.54 Å². The molecule has 0 fully saturated rings. The molecular weight excluding hydrogens is 288 g/mol. The number of nitrogens with zero attached hydrogens (tertiary/aromatic N) is 2. The van der Waals surface area contributed by atoms with Gasteiger partial charge in [0.1, 0.15) is 0 Å². The van der Waals surface area contributed by atoms with Crippen molar-refractivity contribution >= 4 is 32.5 Å². The minimum Gasteiger partial charge on any atom is -0.235 e. The first-order chi connectivity index (χ1) is 9.29. The van der Waals surface area contributed by atoms with E-state index < -0.39 is 11.0 Å². The van der Waals surface area contributed by atoms with Crippen molar-refractivity contribution in [3.05, 3.63) is 24.3 Å². The van der Waals surface area contributed by atoms with Crippen LogP contribution in [0.1, 0.15) is 34.6 Å². The topological polar surface area (TPSA) is 33.2 Å². The van der Waals surface area contributed by atoms with E-state index in [4.69, 9.17) is 0 Å². The molecule has 0 bridgehead atoms. The van der Waals surface area contributed by atoms with Gasteiger partial charge in [-0.1, -0.05) is 26.0 Å². The third kappa shape index (κ3) is 3.45. The number of fused-ring (bicyclic) bond motifs is 1. The predicted octanol–water partition coefficient (Wildman–Crippen LogP) is 4.08. The molecule has 0 spiro atoms. The molecule has 1 aromatic carbocycles. The molecule has 0 aliphatic heterocycles. The van der Waals surface area contributed by atoms with Crippen LogP contribution in [0.4, 0.5) is 0 Å². The van der Waals surface area contributed by atoms with E-state index in [0.717, 1.165) is 16.8 Å². The van der Waals surface area contributed by atoms with Gasteiger partial charge in [-0.05, 0) is 38.8 Å². The molecule has 3 nitrogen and oxygen atoms in total. The van der Waals surface area contributed by atoms with Crippen molar-refractivity contribution in [2.75, 3.05) is 6.54 Å². The molecule has 0 aliphatic carbocycles. The van der Waals surface area contributed by atoms with Crippen LogP contribution >= 0.6 is 11.3 Å². The second-order valence-electron chi connectivity index (χ2n) is 6.32. The SMILES string of the molecule is CC(C)CN(S(=O)c1nc2ccccc2s1)C(C)(C)C. The number of thiazole rings is 1. The first-order valence-corrected chi connectivity index (χ1v) is 8.76. The van der Waals surface area contributed by atoms with Gasteiger partial charge in [-0.3, -0.25) is 0 Å². The maximum Gasteiger partial charge on any atom is 0.197 e. The molecule has 0 saturated carbocycles. The smallest absolute Gasteiger partial charge is 0.197 e. The van der Waals surface area contributed by atoms with Crippen LogP contribution in [0, 0.1) is 5.92 Å². The predicted molar refractivity (Wildman–Crippen MR) is 87.3 cm³/mol. The fourth-order valence-electron chi connectivity index (χ4n) is 1.94. The van der Waals surface area contributed by atoms with Gasteiger partial charge in [0.05, 0.1) is 10.2 Å². The van der Waals surface area contributed by atoms with E-state index >= 15 is 0 Å². The van der Waals surface area contributed by atoms with Gasteiger partial charge in [-0.25, -0.2) is 13.5 Å². The van der Waals surface area contributed by atoms with Crippen LogP contribution in [0.25, 0.3) is 10.2 Å². The van der Waals surface area contributed by atoms with Crippen molar-refractivity contribution in [3.63, 3.8) is 0 Å². The molecule has 20 heavy (non-hydrogen) atoms. The summed E-state index contributed by atoms with van der Waals surface area (Å²) in [4.78, 5) is 4.53. The second-order valence-corrected chi connectivity index (χ2v) is 8.94. The molecule has 0 aliphatic rings. The summed E-state index contributed by atoms with van der Waals surface area (Å²) in [6.45, 7) is 11.4. The van der Waals surface area contributed by atoms with Crippen molar-refractivity contribution in [2.45, 2.75) is 44.5 Å². The number of hydrogen-bond donors (Lipinski definition) is 0. The number of rotatable bonds is 4. The van der Waals surface area contributed by atoms with E-state index in [0.29, 0.717) is 10.3 Å². The standard InChI is InChI=1S/C15H22N2OS2/c1-11(2)10-17(15(3,4)5)20(18)14-16-12-8-6-7-9-13(12)19-14/h6-9,11H,10H2,1-5H3. The Bertz CT molecular complexity index is 581. The summed E-state index contributed by atoms with van der Waals surface area (Å²) in [6, 6.07) is 7.95. The Labute approximate surface area is 127 Å². The van der Waals surface area contributed by atoms with Gasteiger partial charge >= 0.3 is 0 Å². The summed E-state index contributed by atoms with van der Waals surface area (Å²) in [7, 11) is -1.20. The number of para-hydroxylation sites is 1. The Hall–Kier alpha value is -0.780. The normalized spacial score (nSPS) is 14.3. The monoisotopic (exact) mass is 310 g/mol. The number of benzene rings is 1. The molecule has 1 atom stereocenters. The molecule has 0 amide bonds. The third-order valence-electron chi connectivity index (χ3n) is 2.90. The maximum absolute atomic E-state index is 12.9. The zero-order valence-corrected chi connectivity index (χ0v) is 14.3. The summed E-state index contributed by atoms with van der Waals surface area (Å²) >= 11 is 1.52. The van der Waals surface area contributed by atoms with Crippen LogP contribution in [0.5, 0.6) is 0 Å². The average Bonchev–Trinajstić information content (AvgIpc) is 2.77. The Morgan fingerprint density at radius 2 is 1.95 bits per heavy atom. The maximum atomic E-state index is 12.9. The summed E-state index contributed by atoms with van der Waals surface area (Å²) in [5.74, 6) is 0.465. The van der Waals surface area contributed by atoms with Gasteiger partial charge in [-0.2, -0.15) is 0 Å². The van der Waals surface area contributed by atoms with E-state index in [1.165, 1.54) is 11.3 Å². The van der Waals surface area contributed by atoms with E-state index in [9.17, 15) is 4.21 Å². The lowest BCUT2D eigenvalue weighted by molar-refractivity contribution is 0.239. The van der Waals surface area contributed by atoms with E-state index in [2.05, 4.69) is 39.6 Å². The van der Waals surface area contributed by atoms with Crippen LogP contribution < -0.4 is 0 Å². The summed E-state index contributed by atoms with van der Waals surface area (Å²) < 4.78 is 16.7. The number of aromatic nitrogens is 1. The van der Waals surface area contributed by atoms with E-state index in [1.54, 1.807) is 0 Å². The second kappa shape index (κ2) is 5.92. The Kier molecular flexibility index (Phi) is 4.62. The summed E-state index contributed by atoms with van der Waals surface area (Å²) in [6.07, 6.45) is 0.